The molecular formula is C16H13FN2O2. The first-order valence-corrected chi connectivity index (χ1v) is 6.49. The maximum atomic E-state index is 13.0. The minimum Gasteiger partial charge on any atom is -0.478 e. The molecule has 0 spiro atoms. The van der Waals surface area contributed by atoms with E-state index in [0.29, 0.717) is 6.54 Å². The SMILES string of the molecule is Cc1nc2ccc(C(=O)O)cc2n1Cc1ccc(F)cc1. The number of carbonyl (C=O) groups is 1. The Balaban J connectivity index is 2.08. The number of aromatic carboxylic acids is 1. The Morgan fingerprint density at radius 1 is 1.24 bits per heavy atom. The standard InChI is InChI=1S/C16H13FN2O2/c1-10-18-14-7-4-12(16(20)21)8-15(14)19(10)9-11-2-5-13(17)6-3-11/h2-8H,9H2,1H3,(H,20,21). The lowest BCUT2D eigenvalue weighted by Gasteiger charge is -2.07. The number of fused-ring (bicyclic) bond motifs is 1. The van der Waals surface area contributed by atoms with Crippen LogP contribution in [0.4, 0.5) is 4.39 Å². The molecule has 0 atom stereocenters. The molecule has 5 heteroatoms. The second-order valence-corrected chi connectivity index (χ2v) is 4.88. The van der Waals surface area contributed by atoms with Crippen LogP contribution in [0.1, 0.15) is 21.7 Å². The fourth-order valence-corrected chi connectivity index (χ4v) is 2.35. The predicted molar refractivity (Wildman–Crippen MR) is 76.9 cm³/mol. The number of hydrogen-bond donors (Lipinski definition) is 1. The van der Waals surface area contributed by atoms with E-state index >= 15 is 0 Å². The van der Waals surface area contributed by atoms with Crippen molar-refractivity contribution in [3.8, 4) is 0 Å². The summed E-state index contributed by atoms with van der Waals surface area (Å²) in [5, 5.41) is 9.09. The normalized spacial score (nSPS) is 11.0. The van der Waals surface area contributed by atoms with Gasteiger partial charge < -0.3 is 9.67 Å². The van der Waals surface area contributed by atoms with Gasteiger partial charge in [0, 0.05) is 6.54 Å². The van der Waals surface area contributed by atoms with E-state index in [2.05, 4.69) is 4.98 Å². The minimum atomic E-state index is -0.968. The molecule has 2 aromatic carbocycles. The Labute approximate surface area is 120 Å². The lowest BCUT2D eigenvalue weighted by atomic mass is 10.2. The van der Waals surface area contributed by atoms with Crippen molar-refractivity contribution in [1.29, 1.82) is 0 Å². The van der Waals surface area contributed by atoms with Crippen LogP contribution in [-0.2, 0) is 6.54 Å². The van der Waals surface area contributed by atoms with Crippen molar-refractivity contribution in [3.63, 3.8) is 0 Å². The number of carboxylic acid groups (broad SMARTS) is 1. The van der Waals surface area contributed by atoms with E-state index in [1.165, 1.54) is 12.1 Å². The number of hydrogen-bond acceptors (Lipinski definition) is 2. The zero-order valence-electron chi connectivity index (χ0n) is 11.4. The van der Waals surface area contributed by atoms with E-state index in [4.69, 9.17) is 5.11 Å². The van der Waals surface area contributed by atoms with Gasteiger partial charge in [0.1, 0.15) is 11.6 Å². The van der Waals surface area contributed by atoms with E-state index in [1.54, 1.807) is 30.3 Å². The third-order valence-electron chi connectivity index (χ3n) is 3.44. The third kappa shape index (κ3) is 2.50. The van der Waals surface area contributed by atoms with E-state index in [-0.39, 0.29) is 11.4 Å². The zero-order chi connectivity index (χ0) is 15.0. The van der Waals surface area contributed by atoms with Crippen molar-refractivity contribution < 1.29 is 14.3 Å². The summed E-state index contributed by atoms with van der Waals surface area (Å²) < 4.78 is 14.9. The van der Waals surface area contributed by atoms with E-state index in [1.807, 2.05) is 11.5 Å². The molecule has 0 saturated heterocycles. The molecule has 21 heavy (non-hydrogen) atoms. The second kappa shape index (κ2) is 5.01. The van der Waals surface area contributed by atoms with E-state index < -0.39 is 5.97 Å². The zero-order valence-corrected chi connectivity index (χ0v) is 11.4. The lowest BCUT2D eigenvalue weighted by Crippen LogP contribution is -2.03. The van der Waals surface area contributed by atoms with Gasteiger partial charge in [-0.2, -0.15) is 0 Å². The Hall–Kier alpha value is -2.69. The lowest BCUT2D eigenvalue weighted by molar-refractivity contribution is 0.0697. The molecule has 4 nitrogen and oxygen atoms in total. The maximum Gasteiger partial charge on any atom is 0.335 e. The van der Waals surface area contributed by atoms with Gasteiger partial charge in [-0.05, 0) is 42.8 Å². The monoisotopic (exact) mass is 284 g/mol. The second-order valence-electron chi connectivity index (χ2n) is 4.88. The van der Waals surface area contributed by atoms with Crippen molar-refractivity contribution in [2.45, 2.75) is 13.5 Å². The smallest absolute Gasteiger partial charge is 0.335 e. The molecule has 0 amide bonds. The van der Waals surface area contributed by atoms with Crippen LogP contribution < -0.4 is 0 Å². The Kier molecular flexibility index (Phi) is 3.17. The fraction of sp³-hybridized carbons (Fsp3) is 0.125. The highest BCUT2D eigenvalue weighted by Crippen LogP contribution is 2.19. The number of aromatic nitrogens is 2. The van der Waals surface area contributed by atoms with Crippen LogP contribution in [0.15, 0.2) is 42.5 Å². The first-order chi connectivity index (χ1) is 10.0. The molecule has 0 saturated carbocycles. The molecule has 0 aliphatic heterocycles. The summed E-state index contributed by atoms with van der Waals surface area (Å²) in [6.45, 7) is 2.38. The van der Waals surface area contributed by atoms with Gasteiger partial charge in [0.05, 0.1) is 16.6 Å². The van der Waals surface area contributed by atoms with Crippen LogP contribution in [0.5, 0.6) is 0 Å². The largest absolute Gasteiger partial charge is 0.478 e. The van der Waals surface area contributed by atoms with Gasteiger partial charge in [-0.1, -0.05) is 12.1 Å². The van der Waals surface area contributed by atoms with Crippen molar-refractivity contribution in [1.82, 2.24) is 9.55 Å². The summed E-state index contributed by atoms with van der Waals surface area (Å²) in [6.07, 6.45) is 0. The highest BCUT2D eigenvalue weighted by molar-refractivity contribution is 5.92. The number of halogens is 1. The van der Waals surface area contributed by atoms with Gasteiger partial charge in [-0.3, -0.25) is 0 Å². The molecule has 0 fully saturated rings. The van der Waals surface area contributed by atoms with Crippen LogP contribution in [0, 0.1) is 12.7 Å². The molecule has 106 valence electrons. The van der Waals surface area contributed by atoms with Crippen molar-refractivity contribution in [3.05, 3.63) is 65.2 Å². The number of nitrogens with zero attached hydrogens (tertiary/aromatic N) is 2. The number of benzene rings is 2. The van der Waals surface area contributed by atoms with Crippen molar-refractivity contribution in [2.75, 3.05) is 0 Å². The molecule has 0 unspecified atom stereocenters. The van der Waals surface area contributed by atoms with E-state index in [0.717, 1.165) is 22.4 Å². The van der Waals surface area contributed by atoms with Crippen LogP contribution in [0.3, 0.4) is 0 Å². The van der Waals surface area contributed by atoms with Crippen LogP contribution in [-0.4, -0.2) is 20.6 Å². The van der Waals surface area contributed by atoms with Crippen LogP contribution >= 0.6 is 0 Å². The van der Waals surface area contributed by atoms with Gasteiger partial charge in [-0.25, -0.2) is 14.2 Å². The van der Waals surface area contributed by atoms with Crippen molar-refractivity contribution in [2.24, 2.45) is 0 Å². The molecular weight excluding hydrogens is 271 g/mol. The Bertz CT molecular complexity index is 822. The third-order valence-corrected chi connectivity index (χ3v) is 3.44. The van der Waals surface area contributed by atoms with E-state index in [9.17, 15) is 9.18 Å². The van der Waals surface area contributed by atoms with Gasteiger partial charge >= 0.3 is 5.97 Å². The molecule has 0 bridgehead atoms. The first-order valence-electron chi connectivity index (χ1n) is 6.49. The molecule has 3 aromatic rings. The Morgan fingerprint density at radius 3 is 2.62 bits per heavy atom. The molecule has 0 aliphatic rings. The van der Waals surface area contributed by atoms with Gasteiger partial charge in [0.15, 0.2) is 0 Å². The summed E-state index contributed by atoms with van der Waals surface area (Å²) in [5.74, 6) is -0.458. The minimum absolute atomic E-state index is 0.225. The highest BCUT2D eigenvalue weighted by atomic mass is 19.1. The highest BCUT2D eigenvalue weighted by Gasteiger charge is 2.11. The number of carboxylic acids is 1. The molecule has 3 rings (SSSR count). The first kappa shape index (κ1) is 13.3. The van der Waals surface area contributed by atoms with Crippen LogP contribution in [0.2, 0.25) is 0 Å². The summed E-state index contributed by atoms with van der Waals surface area (Å²) >= 11 is 0. The molecule has 0 aliphatic carbocycles. The number of rotatable bonds is 3. The van der Waals surface area contributed by atoms with Crippen molar-refractivity contribution >= 4 is 17.0 Å². The molecule has 0 radical (unpaired) electrons. The molecule has 1 N–H and O–H groups in total. The quantitative estimate of drug-likeness (QED) is 0.803. The molecule has 1 aromatic heterocycles. The van der Waals surface area contributed by atoms with Gasteiger partial charge in [0.25, 0.3) is 0 Å². The van der Waals surface area contributed by atoms with Gasteiger partial charge in [0.2, 0.25) is 0 Å². The number of aryl methyl sites for hydroxylation is 1. The van der Waals surface area contributed by atoms with Crippen LogP contribution in [0.25, 0.3) is 11.0 Å². The predicted octanol–water partition coefficient (Wildman–Crippen LogP) is 3.23. The van der Waals surface area contributed by atoms with Gasteiger partial charge in [-0.15, -0.1) is 0 Å². The average molecular weight is 284 g/mol. The average Bonchev–Trinajstić information content (AvgIpc) is 2.77. The summed E-state index contributed by atoms with van der Waals surface area (Å²) in [4.78, 5) is 15.5. The summed E-state index contributed by atoms with van der Waals surface area (Å²) in [6, 6.07) is 11.1. The summed E-state index contributed by atoms with van der Waals surface area (Å²) in [7, 11) is 0. The number of imidazole rings is 1. The Morgan fingerprint density at radius 2 is 1.95 bits per heavy atom. The summed E-state index contributed by atoms with van der Waals surface area (Å²) in [5.41, 5.74) is 2.67. The fourth-order valence-electron chi connectivity index (χ4n) is 2.35. The molecule has 1 heterocycles. The maximum absolute atomic E-state index is 13.0. The topological polar surface area (TPSA) is 55.1 Å².